The van der Waals surface area contributed by atoms with Crippen molar-refractivity contribution >= 4 is 28.0 Å². The quantitative estimate of drug-likeness (QED) is 0.487. The minimum Gasteiger partial charge on any atom is -0.298 e. The second-order valence-corrected chi connectivity index (χ2v) is 3.99. The van der Waals surface area contributed by atoms with Gasteiger partial charge in [-0.05, 0) is 24.6 Å². The topological polar surface area (TPSA) is 34.1 Å². The number of ketones is 1. The minimum absolute atomic E-state index is 0.0323. The third-order valence-electron chi connectivity index (χ3n) is 2.22. The van der Waals surface area contributed by atoms with Crippen molar-refractivity contribution < 1.29 is 22.8 Å². The van der Waals surface area contributed by atoms with Crippen molar-refractivity contribution in [1.82, 2.24) is 0 Å². The average Bonchev–Trinajstić information content (AvgIpc) is 2.25. The molecular formula is C11H8BrF3O2. The van der Waals surface area contributed by atoms with E-state index in [0.29, 0.717) is 6.07 Å². The maximum atomic E-state index is 12.5. The molecule has 0 unspecified atom stereocenters. The third kappa shape index (κ3) is 2.94. The van der Waals surface area contributed by atoms with Crippen LogP contribution >= 0.6 is 15.9 Å². The predicted octanol–water partition coefficient (Wildman–Crippen LogP) is 3.40. The van der Waals surface area contributed by atoms with Crippen molar-refractivity contribution in [3.63, 3.8) is 0 Å². The number of aldehydes is 1. The van der Waals surface area contributed by atoms with Crippen molar-refractivity contribution in [1.29, 1.82) is 0 Å². The number of benzene rings is 1. The first-order chi connectivity index (χ1) is 7.81. The number of rotatable bonds is 3. The molecule has 92 valence electrons. The molecule has 0 radical (unpaired) electrons. The SMILES string of the molecule is Cc1cc(C(F)(F)F)cc(C=O)c1C(=O)CBr. The van der Waals surface area contributed by atoms with E-state index in [-0.39, 0.29) is 28.3 Å². The summed E-state index contributed by atoms with van der Waals surface area (Å²) in [6, 6.07) is 1.55. The summed E-state index contributed by atoms with van der Waals surface area (Å²) in [6.45, 7) is 1.37. The molecule has 0 aliphatic rings. The minimum atomic E-state index is -4.53. The summed E-state index contributed by atoms with van der Waals surface area (Å²) in [5, 5.41) is -0.0416. The molecule has 0 spiro atoms. The van der Waals surface area contributed by atoms with Crippen LogP contribution in [-0.2, 0) is 6.18 Å². The number of halogens is 4. The summed E-state index contributed by atoms with van der Waals surface area (Å²) in [5.74, 6) is -0.418. The van der Waals surface area contributed by atoms with Crippen molar-refractivity contribution in [3.8, 4) is 0 Å². The van der Waals surface area contributed by atoms with Gasteiger partial charge in [-0.3, -0.25) is 9.59 Å². The molecule has 0 aliphatic heterocycles. The van der Waals surface area contributed by atoms with Crippen LogP contribution < -0.4 is 0 Å². The summed E-state index contributed by atoms with van der Waals surface area (Å²) < 4.78 is 37.5. The molecule has 1 aromatic carbocycles. The molecule has 0 amide bonds. The van der Waals surface area contributed by atoms with Crippen LogP contribution in [0.2, 0.25) is 0 Å². The van der Waals surface area contributed by atoms with Gasteiger partial charge in [-0.25, -0.2) is 0 Å². The average molecular weight is 309 g/mol. The van der Waals surface area contributed by atoms with Crippen molar-refractivity contribution in [3.05, 3.63) is 34.4 Å². The van der Waals surface area contributed by atoms with E-state index in [4.69, 9.17) is 0 Å². The first-order valence-electron chi connectivity index (χ1n) is 4.57. The van der Waals surface area contributed by atoms with E-state index in [0.717, 1.165) is 6.07 Å². The summed E-state index contributed by atoms with van der Waals surface area (Å²) >= 11 is 2.92. The first-order valence-corrected chi connectivity index (χ1v) is 5.69. The van der Waals surface area contributed by atoms with Crippen LogP contribution in [0.15, 0.2) is 12.1 Å². The van der Waals surface area contributed by atoms with E-state index in [1.165, 1.54) is 6.92 Å². The van der Waals surface area contributed by atoms with Crippen LogP contribution in [0, 0.1) is 6.92 Å². The van der Waals surface area contributed by atoms with Gasteiger partial charge in [-0.15, -0.1) is 0 Å². The molecule has 0 atom stereocenters. The predicted molar refractivity (Wildman–Crippen MR) is 59.7 cm³/mol. The lowest BCUT2D eigenvalue weighted by molar-refractivity contribution is -0.137. The second kappa shape index (κ2) is 5.00. The van der Waals surface area contributed by atoms with Gasteiger partial charge in [0.2, 0.25) is 0 Å². The van der Waals surface area contributed by atoms with E-state index in [1.54, 1.807) is 0 Å². The molecule has 0 aliphatic carbocycles. The maximum Gasteiger partial charge on any atom is 0.416 e. The van der Waals surface area contributed by atoms with Gasteiger partial charge in [0, 0.05) is 11.1 Å². The standard InChI is InChI=1S/C11H8BrF3O2/c1-6-2-8(11(13,14)15)3-7(5-16)10(6)9(17)4-12/h2-3,5H,4H2,1H3. The van der Waals surface area contributed by atoms with E-state index in [1.807, 2.05) is 0 Å². The van der Waals surface area contributed by atoms with E-state index < -0.39 is 17.5 Å². The second-order valence-electron chi connectivity index (χ2n) is 3.43. The molecule has 0 saturated heterocycles. The molecule has 1 aromatic rings. The van der Waals surface area contributed by atoms with Crippen LogP contribution in [0.25, 0.3) is 0 Å². The lowest BCUT2D eigenvalue weighted by Gasteiger charge is -2.12. The van der Waals surface area contributed by atoms with Gasteiger partial charge in [0.05, 0.1) is 10.9 Å². The fraction of sp³-hybridized carbons (Fsp3) is 0.273. The molecule has 0 bridgehead atoms. The van der Waals surface area contributed by atoms with Crippen LogP contribution in [0.5, 0.6) is 0 Å². The van der Waals surface area contributed by atoms with Gasteiger partial charge >= 0.3 is 6.18 Å². The number of carbonyl (C=O) groups is 2. The summed E-state index contributed by atoms with van der Waals surface area (Å²) in [4.78, 5) is 22.2. The molecule has 2 nitrogen and oxygen atoms in total. The third-order valence-corrected chi connectivity index (χ3v) is 2.73. The molecule has 0 aromatic heterocycles. The highest BCUT2D eigenvalue weighted by molar-refractivity contribution is 9.09. The van der Waals surface area contributed by atoms with Gasteiger partial charge in [0.1, 0.15) is 0 Å². The Morgan fingerprint density at radius 3 is 2.41 bits per heavy atom. The smallest absolute Gasteiger partial charge is 0.298 e. The Labute approximate surface area is 104 Å². The molecule has 0 heterocycles. The van der Waals surface area contributed by atoms with Gasteiger partial charge in [0.15, 0.2) is 12.1 Å². The molecular weight excluding hydrogens is 301 g/mol. The monoisotopic (exact) mass is 308 g/mol. The summed E-state index contributed by atoms with van der Waals surface area (Å²) in [7, 11) is 0. The number of aryl methyl sites for hydroxylation is 1. The molecule has 0 saturated carbocycles. The molecule has 6 heteroatoms. The summed E-state index contributed by atoms with van der Waals surface area (Å²) in [6.07, 6.45) is -4.27. The van der Waals surface area contributed by atoms with Crippen LogP contribution in [0.3, 0.4) is 0 Å². The highest BCUT2D eigenvalue weighted by Gasteiger charge is 2.32. The van der Waals surface area contributed by atoms with E-state index in [2.05, 4.69) is 15.9 Å². The Hall–Kier alpha value is -1.17. The molecule has 17 heavy (non-hydrogen) atoms. The zero-order chi connectivity index (χ0) is 13.2. The zero-order valence-corrected chi connectivity index (χ0v) is 10.4. The van der Waals surface area contributed by atoms with E-state index >= 15 is 0 Å². The first kappa shape index (κ1) is 13.9. The lowest BCUT2D eigenvalue weighted by atomic mass is 9.96. The van der Waals surface area contributed by atoms with Crippen LogP contribution in [0.1, 0.15) is 31.8 Å². The normalized spacial score (nSPS) is 11.4. The van der Waals surface area contributed by atoms with Gasteiger partial charge in [-0.2, -0.15) is 13.2 Å². The van der Waals surface area contributed by atoms with Crippen molar-refractivity contribution in [2.45, 2.75) is 13.1 Å². The maximum absolute atomic E-state index is 12.5. The Morgan fingerprint density at radius 2 is 2.00 bits per heavy atom. The van der Waals surface area contributed by atoms with Gasteiger partial charge < -0.3 is 0 Å². The largest absolute Gasteiger partial charge is 0.416 e. The number of alkyl halides is 4. The van der Waals surface area contributed by atoms with E-state index in [9.17, 15) is 22.8 Å². The summed E-state index contributed by atoms with van der Waals surface area (Å²) in [5.41, 5.74) is -0.985. The van der Waals surface area contributed by atoms with Crippen molar-refractivity contribution in [2.24, 2.45) is 0 Å². The Morgan fingerprint density at radius 1 is 1.41 bits per heavy atom. The van der Waals surface area contributed by atoms with Crippen LogP contribution in [0.4, 0.5) is 13.2 Å². The van der Waals surface area contributed by atoms with Gasteiger partial charge in [0.25, 0.3) is 0 Å². The number of hydrogen-bond donors (Lipinski definition) is 0. The Kier molecular flexibility index (Phi) is 4.08. The Balaban J connectivity index is 3.46. The fourth-order valence-corrected chi connectivity index (χ4v) is 1.80. The van der Waals surface area contributed by atoms with Gasteiger partial charge in [-0.1, -0.05) is 15.9 Å². The number of Topliss-reactive ketones (excluding diaryl/α,β-unsaturated/α-hetero) is 1. The zero-order valence-electron chi connectivity index (χ0n) is 8.77. The Bertz CT molecular complexity index is 467. The van der Waals surface area contributed by atoms with Crippen LogP contribution in [-0.4, -0.2) is 17.4 Å². The highest BCUT2D eigenvalue weighted by atomic mass is 79.9. The highest BCUT2D eigenvalue weighted by Crippen LogP contribution is 2.32. The lowest BCUT2D eigenvalue weighted by Crippen LogP contribution is -2.12. The number of carbonyl (C=O) groups excluding carboxylic acids is 2. The van der Waals surface area contributed by atoms with Crippen molar-refractivity contribution in [2.75, 3.05) is 5.33 Å². The molecule has 0 N–H and O–H groups in total. The molecule has 1 rings (SSSR count). The fourth-order valence-electron chi connectivity index (χ4n) is 1.52. The molecule has 0 fully saturated rings. The number of hydrogen-bond acceptors (Lipinski definition) is 2.